The van der Waals surface area contributed by atoms with Crippen LogP contribution in [0.2, 0.25) is 0 Å². The van der Waals surface area contributed by atoms with Gasteiger partial charge >= 0.3 is 0 Å². The Bertz CT molecular complexity index is 818. The maximum absolute atomic E-state index is 5.45. The van der Waals surface area contributed by atoms with Crippen LogP contribution in [0.3, 0.4) is 0 Å². The lowest BCUT2D eigenvalue weighted by Crippen LogP contribution is -1.96. The van der Waals surface area contributed by atoms with Gasteiger partial charge in [-0.15, -0.1) is 0 Å². The molecule has 1 heterocycles. The highest BCUT2D eigenvalue weighted by atomic mass is 16.5. The SMILES string of the molecule is CCc1c(-c2ccc(OC)c(OC)c2)n(C)c2ccccc12. The zero-order valence-electron chi connectivity index (χ0n) is 13.5. The van der Waals surface area contributed by atoms with Gasteiger partial charge in [0.25, 0.3) is 0 Å². The Kier molecular flexibility index (Phi) is 3.80. The standard InChI is InChI=1S/C19H21NO2/c1-5-14-15-8-6-7-9-16(15)20(2)19(14)13-10-11-17(21-3)18(12-13)22-4/h6-12H,5H2,1-4H3. The number of methoxy groups -OCH3 is 2. The summed E-state index contributed by atoms with van der Waals surface area (Å²) in [5.41, 5.74) is 5.01. The van der Waals surface area contributed by atoms with Crippen molar-refractivity contribution in [2.45, 2.75) is 13.3 Å². The Morgan fingerprint density at radius 2 is 1.68 bits per heavy atom. The minimum atomic E-state index is 0.753. The highest BCUT2D eigenvalue weighted by molar-refractivity contribution is 5.92. The molecule has 0 atom stereocenters. The highest BCUT2D eigenvalue weighted by Crippen LogP contribution is 2.37. The van der Waals surface area contributed by atoms with Gasteiger partial charge in [0.05, 0.1) is 19.9 Å². The van der Waals surface area contributed by atoms with E-state index >= 15 is 0 Å². The van der Waals surface area contributed by atoms with Crippen LogP contribution in [0.1, 0.15) is 12.5 Å². The van der Waals surface area contributed by atoms with E-state index in [1.165, 1.54) is 22.2 Å². The zero-order valence-corrected chi connectivity index (χ0v) is 13.5. The number of aryl methyl sites for hydroxylation is 2. The molecule has 22 heavy (non-hydrogen) atoms. The van der Waals surface area contributed by atoms with Gasteiger partial charge in [0.1, 0.15) is 0 Å². The van der Waals surface area contributed by atoms with E-state index in [2.05, 4.69) is 48.9 Å². The van der Waals surface area contributed by atoms with E-state index in [9.17, 15) is 0 Å². The molecule has 0 saturated heterocycles. The summed E-state index contributed by atoms with van der Waals surface area (Å²) in [4.78, 5) is 0. The summed E-state index contributed by atoms with van der Waals surface area (Å²) >= 11 is 0. The third kappa shape index (κ3) is 2.13. The molecule has 0 saturated carbocycles. The highest BCUT2D eigenvalue weighted by Gasteiger charge is 2.16. The Labute approximate surface area is 131 Å². The molecule has 0 aliphatic heterocycles. The summed E-state index contributed by atoms with van der Waals surface area (Å²) < 4.78 is 13.1. The molecule has 3 heteroatoms. The second kappa shape index (κ2) is 5.76. The third-order valence-electron chi connectivity index (χ3n) is 4.22. The Balaban J connectivity index is 2.28. The molecule has 3 nitrogen and oxygen atoms in total. The number of hydrogen-bond donors (Lipinski definition) is 0. The summed E-state index contributed by atoms with van der Waals surface area (Å²) in [5.74, 6) is 1.51. The number of benzene rings is 2. The minimum absolute atomic E-state index is 0.753. The summed E-state index contributed by atoms with van der Waals surface area (Å²) in [6.45, 7) is 2.20. The van der Waals surface area contributed by atoms with Crippen molar-refractivity contribution in [3.8, 4) is 22.8 Å². The first-order chi connectivity index (χ1) is 10.7. The predicted molar refractivity (Wildman–Crippen MR) is 90.8 cm³/mol. The van der Waals surface area contributed by atoms with Crippen molar-refractivity contribution in [2.75, 3.05) is 14.2 Å². The van der Waals surface area contributed by atoms with Crippen LogP contribution in [-0.4, -0.2) is 18.8 Å². The van der Waals surface area contributed by atoms with Gasteiger partial charge in [-0.25, -0.2) is 0 Å². The van der Waals surface area contributed by atoms with Gasteiger partial charge in [0.2, 0.25) is 0 Å². The van der Waals surface area contributed by atoms with Gasteiger partial charge in [-0.1, -0.05) is 25.1 Å². The van der Waals surface area contributed by atoms with Crippen LogP contribution in [0.25, 0.3) is 22.2 Å². The molecule has 3 aromatic rings. The number of fused-ring (bicyclic) bond motifs is 1. The lowest BCUT2D eigenvalue weighted by Gasteiger charge is -2.12. The van der Waals surface area contributed by atoms with Crippen LogP contribution in [0.4, 0.5) is 0 Å². The molecular formula is C19H21NO2. The summed E-state index contributed by atoms with van der Waals surface area (Å²) in [5, 5.41) is 1.32. The van der Waals surface area contributed by atoms with Crippen molar-refractivity contribution in [3.63, 3.8) is 0 Å². The quantitative estimate of drug-likeness (QED) is 0.711. The zero-order chi connectivity index (χ0) is 15.7. The topological polar surface area (TPSA) is 23.4 Å². The number of nitrogens with zero attached hydrogens (tertiary/aromatic N) is 1. The monoisotopic (exact) mass is 295 g/mol. The first-order valence-electron chi connectivity index (χ1n) is 7.50. The molecule has 0 aliphatic rings. The molecule has 3 rings (SSSR count). The van der Waals surface area contributed by atoms with Crippen molar-refractivity contribution < 1.29 is 9.47 Å². The lowest BCUT2D eigenvalue weighted by atomic mass is 10.0. The van der Waals surface area contributed by atoms with Crippen LogP contribution in [0.5, 0.6) is 11.5 Å². The van der Waals surface area contributed by atoms with E-state index in [0.717, 1.165) is 23.5 Å². The van der Waals surface area contributed by atoms with Crippen molar-refractivity contribution in [1.29, 1.82) is 0 Å². The molecule has 0 fully saturated rings. The molecule has 0 spiro atoms. The van der Waals surface area contributed by atoms with E-state index < -0.39 is 0 Å². The van der Waals surface area contributed by atoms with Gasteiger partial charge in [0.15, 0.2) is 11.5 Å². The number of rotatable bonds is 4. The smallest absolute Gasteiger partial charge is 0.161 e. The van der Waals surface area contributed by atoms with E-state index in [1.807, 2.05) is 12.1 Å². The van der Waals surface area contributed by atoms with Gasteiger partial charge < -0.3 is 14.0 Å². The average molecular weight is 295 g/mol. The van der Waals surface area contributed by atoms with Crippen molar-refractivity contribution in [1.82, 2.24) is 4.57 Å². The molecule has 0 unspecified atom stereocenters. The number of hydrogen-bond acceptors (Lipinski definition) is 2. The van der Waals surface area contributed by atoms with Crippen LogP contribution >= 0.6 is 0 Å². The molecule has 0 bridgehead atoms. The minimum Gasteiger partial charge on any atom is -0.493 e. The van der Waals surface area contributed by atoms with Gasteiger partial charge in [-0.2, -0.15) is 0 Å². The molecule has 0 radical (unpaired) electrons. The molecule has 1 aromatic heterocycles. The summed E-state index contributed by atoms with van der Waals surface area (Å²) in [6, 6.07) is 14.6. The fourth-order valence-corrected chi connectivity index (χ4v) is 3.18. The summed E-state index contributed by atoms with van der Waals surface area (Å²) in [6.07, 6.45) is 0.991. The maximum Gasteiger partial charge on any atom is 0.161 e. The van der Waals surface area contributed by atoms with E-state index in [0.29, 0.717) is 0 Å². The first kappa shape index (κ1) is 14.5. The summed E-state index contributed by atoms with van der Waals surface area (Å²) in [7, 11) is 5.45. The second-order valence-corrected chi connectivity index (χ2v) is 5.33. The van der Waals surface area contributed by atoms with Crippen LogP contribution in [0, 0.1) is 0 Å². The number of ether oxygens (including phenoxy) is 2. The van der Waals surface area contributed by atoms with Gasteiger partial charge in [-0.05, 0) is 36.2 Å². The Hall–Kier alpha value is -2.42. The molecule has 0 N–H and O–H groups in total. The van der Waals surface area contributed by atoms with E-state index in [4.69, 9.17) is 9.47 Å². The fourth-order valence-electron chi connectivity index (χ4n) is 3.18. The molecule has 0 aliphatic carbocycles. The number of aromatic nitrogens is 1. The van der Waals surface area contributed by atoms with Gasteiger partial charge in [-0.3, -0.25) is 0 Å². The molecule has 2 aromatic carbocycles. The van der Waals surface area contributed by atoms with Crippen molar-refractivity contribution in [3.05, 3.63) is 48.0 Å². The normalized spacial score (nSPS) is 10.9. The van der Waals surface area contributed by atoms with Gasteiger partial charge in [0, 0.05) is 23.5 Å². The largest absolute Gasteiger partial charge is 0.493 e. The maximum atomic E-state index is 5.45. The second-order valence-electron chi connectivity index (χ2n) is 5.33. The molecule has 0 amide bonds. The lowest BCUT2D eigenvalue weighted by molar-refractivity contribution is 0.355. The van der Waals surface area contributed by atoms with Crippen LogP contribution in [0.15, 0.2) is 42.5 Å². The van der Waals surface area contributed by atoms with Crippen LogP contribution < -0.4 is 9.47 Å². The average Bonchev–Trinajstić information content (AvgIpc) is 2.86. The van der Waals surface area contributed by atoms with E-state index in [-0.39, 0.29) is 0 Å². The first-order valence-corrected chi connectivity index (χ1v) is 7.50. The fraction of sp³-hybridized carbons (Fsp3) is 0.263. The van der Waals surface area contributed by atoms with Crippen LogP contribution in [-0.2, 0) is 13.5 Å². The van der Waals surface area contributed by atoms with Crippen molar-refractivity contribution >= 4 is 10.9 Å². The Morgan fingerprint density at radius 1 is 0.955 bits per heavy atom. The number of para-hydroxylation sites is 1. The Morgan fingerprint density at radius 3 is 2.36 bits per heavy atom. The molecular weight excluding hydrogens is 274 g/mol. The molecule has 114 valence electrons. The predicted octanol–water partition coefficient (Wildman–Crippen LogP) is 4.42. The van der Waals surface area contributed by atoms with Crippen molar-refractivity contribution in [2.24, 2.45) is 7.05 Å². The third-order valence-corrected chi connectivity index (χ3v) is 4.22. The van der Waals surface area contributed by atoms with E-state index in [1.54, 1.807) is 14.2 Å².